The van der Waals surface area contributed by atoms with Gasteiger partial charge in [-0.15, -0.1) is 24.0 Å². The predicted octanol–water partition coefficient (Wildman–Crippen LogP) is 1.36. The summed E-state index contributed by atoms with van der Waals surface area (Å²) in [7, 11) is 3.34. The lowest BCUT2D eigenvalue weighted by atomic mass is 10.0. The fourth-order valence-electron chi connectivity index (χ4n) is 2.66. The molecule has 1 aliphatic rings. The second kappa shape index (κ2) is 9.74. The minimum absolute atomic E-state index is 0. The van der Waals surface area contributed by atoms with E-state index in [0.29, 0.717) is 18.9 Å². The molecule has 0 amide bonds. The number of nitrogens with zero attached hydrogens (tertiary/aromatic N) is 4. The normalized spacial score (nSPS) is 17.8. The highest BCUT2D eigenvalue weighted by atomic mass is 127. The van der Waals surface area contributed by atoms with Gasteiger partial charge in [0.2, 0.25) is 0 Å². The molecule has 1 aliphatic heterocycles. The Labute approximate surface area is 154 Å². The van der Waals surface area contributed by atoms with Crippen LogP contribution in [0.15, 0.2) is 17.4 Å². The maximum atomic E-state index is 11.2. The third-order valence-electron chi connectivity index (χ3n) is 3.82. The quantitative estimate of drug-likeness (QED) is 0.327. The molecule has 1 saturated heterocycles. The minimum Gasteiger partial charge on any atom is -0.469 e. The van der Waals surface area contributed by atoms with E-state index >= 15 is 0 Å². The summed E-state index contributed by atoms with van der Waals surface area (Å²) < 4.78 is 6.48. The fourth-order valence-corrected chi connectivity index (χ4v) is 2.66. The van der Waals surface area contributed by atoms with Crippen LogP contribution in [0.4, 0.5) is 0 Å². The number of hydrogen-bond donors (Lipinski definition) is 1. The third kappa shape index (κ3) is 5.67. The zero-order valence-electron chi connectivity index (χ0n) is 14.0. The molecular weight excluding hydrogens is 409 g/mol. The number of hydrogen-bond acceptors (Lipinski definition) is 4. The number of methoxy groups -OCH3 is 1. The lowest BCUT2D eigenvalue weighted by Crippen LogP contribution is -2.40. The standard InChI is InChI=1S/C15H25N5O2.HI/c1-4-16-15(17-7-5-14(21)22-3)20-8-6-12(11-20)13-9-18-19(2)10-13;/h9-10,12H,4-8,11H2,1-3H3,(H,16,17);1H. The van der Waals surface area contributed by atoms with E-state index in [0.717, 1.165) is 32.0 Å². The predicted molar refractivity (Wildman–Crippen MR) is 100 cm³/mol. The molecule has 1 N–H and O–H groups in total. The summed E-state index contributed by atoms with van der Waals surface area (Å²) in [5.41, 5.74) is 1.27. The van der Waals surface area contributed by atoms with Gasteiger partial charge in [0.15, 0.2) is 5.96 Å². The highest BCUT2D eigenvalue weighted by molar-refractivity contribution is 14.0. The van der Waals surface area contributed by atoms with Crippen LogP contribution in [-0.4, -0.2) is 59.9 Å². The van der Waals surface area contributed by atoms with Gasteiger partial charge < -0.3 is 15.0 Å². The molecule has 0 aliphatic carbocycles. The van der Waals surface area contributed by atoms with Crippen LogP contribution in [0.5, 0.6) is 0 Å². The number of halogens is 1. The Morgan fingerprint density at radius 1 is 1.57 bits per heavy atom. The Balaban J connectivity index is 0.00000264. The molecule has 1 unspecified atom stereocenters. The SMILES string of the molecule is CCNC(=NCCC(=O)OC)N1CCC(c2cnn(C)c2)C1.I. The summed E-state index contributed by atoms with van der Waals surface area (Å²) in [6.07, 6.45) is 5.42. The van der Waals surface area contributed by atoms with Crippen molar-refractivity contribution in [1.29, 1.82) is 0 Å². The molecule has 1 atom stereocenters. The number of aromatic nitrogens is 2. The monoisotopic (exact) mass is 435 g/mol. The molecule has 8 heteroatoms. The van der Waals surface area contributed by atoms with Crippen molar-refractivity contribution >= 4 is 35.9 Å². The van der Waals surface area contributed by atoms with E-state index in [1.165, 1.54) is 12.7 Å². The van der Waals surface area contributed by atoms with E-state index in [2.05, 4.69) is 31.2 Å². The first-order valence-electron chi connectivity index (χ1n) is 7.72. The second-order valence-corrected chi connectivity index (χ2v) is 5.44. The Morgan fingerprint density at radius 2 is 2.35 bits per heavy atom. The fraction of sp³-hybridized carbons (Fsp3) is 0.667. The number of aliphatic imine (C=N–C) groups is 1. The topological polar surface area (TPSA) is 71.8 Å². The highest BCUT2D eigenvalue weighted by Gasteiger charge is 2.26. The van der Waals surface area contributed by atoms with Crippen molar-refractivity contribution in [3.05, 3.63) is 18.0 Å². The average molecular weight is 435 g/mol. The number of ether oxygens (including phenoxy) is 1. The lowest BCUT2D eigenvalue weighted by molar-refractivity contribution is -0.140. The summed E-state index contributed by atoms with van der Waals surface area (Å²) in [5.74, 6) is 1.13. The molecule has 1 fully saturated rings. The van der Waals surface area contributed by atoms with Gasteiger partial charge in [-0.05, 0) is 18.9 Å². The van der Waals surface area contributed by atoms with Gasteiger partial charge in [-0.1, -0.05) is 0 Å². The number of nitrogens with one attached hydrogen (secondary N) is 1. The number of carbonyl (C=O) groups is 1. The van der Waals surface area contributed by atoms with E-state index in [4.69, 9.17) is 0 Å². The van der Waals surface area contributed by atoms with Crippen LogP contribution < -0.4 is 5.32 Å². The molecule has 2 rings (SSSR count). The molecule has 7 nitrogen and oxygen atoms in total. The molecule has 1 aromatic rings. The average Bonchev–Trinajstić information content (AvgIpc) is 3.14. The maximum Gasteiger partial charge on any atom is 0.307 e. The van der Waals surface area contributed by atoms with E-state index in [9.17, 15) is 4.79 Å². The molecule has 0 aromatic carbocycles. The van der Waals surface area contributed by atoms with Crippen molar-refractivity contribution in [2.24, 2.45) is 12.0 Å². The molecule has 0 radical (unpaired) electrons. The van der Waals surface area contributed by atoms with Crippen LogP contribution in [0.25, 0.3) is 0 Å². The molecule has 130 valence electrons. The molecule has 23 heavy (non-hydrogen) atoms. The number of rotatable bonds is 5. The molecule has 0 spiro atoms. The van der Waals surface area contributed by atoms with Gasteiger partial charge in [0.05, 0.1) is 26.3 Å². The zero-order valence-corrected chi connectivity index (χ0v) is 16.3. The minimum atomic E-state index is -0.228. The van der Waals surface area contributed by atoms with Gasteiger partial charge in [-0.3, -0.25) is 14.5 Å². The Kier molecular flexibility index (Phi) is 8.35. The molecule has 1 aromatic heterocycles. The highest BCUT2D eigenvalue weighted by Crippen LogP contribution is 2.26. The van der Waals surface area contributed by atoms with Gasteiger partial charge in [0.1, 0.15) is 0 Å². The van der Waals surface area contributed by atoms with Crippen molar-refractivity contribution in [2.75, 3.05) is 33.3 Å². The summed E-state index contributed by atoms with van der Waals surface area (Å²) >= 11 is 0. The summed E-state index contributed by atoms with van der Waals surface area (Å²) in [6, 6.07) is 0. The molecule has 0 bridgehead atoms. The number of carbonyl (C=O) groups excluding carboxylic acids is 1. The first-order valence-corrected chi connectivity index (χ1v) is 7.72. The molecular formula is C15H26IN5O2. The Bertz CT molecular complexity index is 532. The van der Waals surface area contributed by atoms with Crippen LogP contribution in [0.2, 0.25) is 0 Å². The van der Waals surface area contributed by atoms with Crippen molar-refractivity contribution < 1.29 is 9.53 Å². The molecule has 0 saturated carbocycles. The van der Waals surface area contributed by atoms with Gasteiger partial charge >= 0.3 is 5.97 Å². The van der Waals surface area contributed by atoms with Crippen molar-refractivity contribution in [1.82, 2.24) is 20.0 Å². The smallest absolute Gasteiger partial charge is 0.307 e. The summed E-state index contributed by atoms with van der Waals surface area (Å²) in [6.45, 7) is 5.19. The van der Waals surface area contributed by atoms with Crippen molar-refractivity contribution in [2.45, 2.75) is 25.7 Å². The van der Waals surface area contributed by atoms with Gasteiger partial charge in [-0.25, -0.2) is 0 Å². The number of likely N-dealkylation sites (tertiary alicyclic amines) is 1. The first-order chi connectivity index (χ1) is 10.6. The van der Waals surface area contributed by atoms with Crippen LogP contribution >= 0.6 is 24.0 Å². The Hall–Kier alpha value is -1.32. The van der Waals surface area contributed by atoms with Crippen molar-refractivity contribution in [3.63, 3.8) is 0 Å². The molecule has 2 heterocycles. The zero-order chi connectivity index (χ0) is 15.9. The van der Waals surface area contributed by atoms with Gasteiger partial charge in [0, 0.05) is 38.8 Å². The van der Waals surface area contributed by atoms with E-state index < -0.39 is 0 Å². The maximum absolute atomic E-state index is 11.2. The second-order valence-electron chi connectivity index (χ2n) is 5.44. The first kappa shape index (κ1) is 19.7. The van der Waals surface area contributed by atoms with Crippen LogP contribution in [0.1, 0.15) is 31.2 Å². The van der Waals surface area contributed by atoms with Crippen LogP contribution in [0, 0.1) is 0 Å². The third-order valence-corrected chi connectivity index (χ3v) is 3.82. The number of aryl methyl sites for hydroxylation is 1. The summed E-state index contributed by atoms with van der Waals surface area (Å²) in [4.78, 5) is 18.0. The van der Waals surface area contributed by atoms with E-state index in [1.54, 1.807) is 0 Å². The number of esters is 1. The van der Waals surface area contributed by atoms with Crippen LogP contribution in [-0.2, 0) is 16.6 Å². The van der Waals surface area contributed by atoms with E-state index in [1.807, 2.05) is 24.9 Å². The lowest BCUT2D eigenvalue weighted by Gasteiger charge is -2.21. The largest absolute Gasteiger partial charge is 0.469 e. The number of guanidine groups is 1. The van der Waals surface area contributed by atoms with Crippen molar-refractivity contribution in [3.8, 4) is 0 Å². The van der Waals surface area contributed by atoms with Crippen LogP contribution in [0.3, 0.4) is 0 Å². The van der Waals surface area contributed by atoms with E-state index in [-0.39, 0.29) is 29.9 Å². The Morgan fingerprint density at radius 3 is 2.96 bits per heavy atom. The van der Waals surface area contributed by atoms with Gasteiger partial charge in [0.25, 0.3) is 0 Å². The van der Waals surface area contributed by atoms with Gasteiger partial charge in [-0.2, -0.15) is 5.10 Å². The summed E-state index contributed by atoms with van der Waals surface area (Å²) in [5, 5.41) is 7.54.